The molecule has 1 fully saturated rings. The number of piperazine rings is 1. The summed E-state index contributed by atoms with van der Waals surface area (Å²) in [5.74, 6) is 1.39. The summed E-state index contributed by atoms with van der Waals surface area (Å²) in [5.41, 5.74) is 0.597. The van der Waals surface area contributed by atoms with Crippen molar-refractivity contribution in [2.24, 2.45) is 0 Å². The van der Waals surface area contributed by atoms with Crippen molar-refractivity contribution in [3.05, 3.63) is 60.2 Å². The minimum atomic E-state index is -0.0308. The second kappa shape index (κ2) is 7.17. The Morgan fingerprint density at radius 1 is 0.833 bits per heavy atom. The fraction of sp³-hybridized carbons (Fsp3) is 0.263. The first-order chi connectivity index (χ1) is 11.6. The summed E-state index contributed by atoms with van der Waals surface area (Å²) in [5, 5.41) is 0. The van der Waals surface area contributed by atoms with Crippen LogP contribution < -0.4 is 4.74 Å². The van der Waals surface area contributed by atoms with Gasteiger partial charge in [-0.3, -0.25) is 9.59 Å². The van der Waals surface area contributed by atoms with E-state index in [-0.39, 0.29) is 11.8 Å². The molecule has 2 aromatic carbocycles. The molecule has 0 radical (unpaired) electrons. The first-order valence-electron chi connectivity index (χ1n) is 8.01. The van der Waals surface area contributed by atoms with Gasteiger partial charge in [-0.15, -0.1) is 0 Å². The number of carbonyl (C=O) groups is 2. The summed E-state index contributed by atoms with van der Waals surface area (Å²) in [6, 6.07) is 16.7. The lowest BCUT2D eigenvalue weighted by molar-refractivity contribution is -0.130. The minimum absolute atomic E-state index is 0.0308. The molecule has 0 bridgehead atoms. The zero-order valence-corrected chi connectivity index (χ0v) is 13.6. The third-order valence-electron chi connectivity index (χ3n) is 4.07. The van der Waals surface area contributed by atoms with E-state index in [4.69, 9.17) is 4.74 Å². The van der Waals surface area contributed by atoms with Crippen LogP contribution in [0.3, 0.4) is 0 Å². The van der Waals surface area contributed by atoms with Gasteiger partial charge in [0, 0.05) is 38.7 Å². The predicted molar refractivity (Wildman–Crippen MR) is 91.1 cm³/mol. The van der Waals surface area contributed by atoms with E-state index >= 15 is 0 Å². The Morgan fingerprint density at radius 2 is 1.46 bits per heavy atom. The lowest BCUT2D eigenvalue weighted by Crippen LogP contribution is -2.50. The third kappa shape index (κ3) is 3.74. The summed E-state index contributed by atoms with van der Waals surface area (Å²) >= 11 is 0. The van der Waals surface area contributed by atoms with Crippen molar-refractivity contribution in [1.29, 1.82) is 0 Å². The van der Waals surface area contributed by atoms with E-state index in [2.05, 4.69) is 0 Å². The molecule has 0 atom stereocenters. The highest BCUT2D eigenvalue weighted by Crippen LogP contribution is 2.22. The Labute approximate surface area is 141 Å². The summed E-state index contributed by atoms with van der Waals surface area (Å²) in [4.78, 5) is 27.6. The monoisotopic (exact) mass is 324 g/mol. The normalized spacial score (nSPS) is 14.4. The molecule has 2 aromatic rings. The maximum absolute atomic E-state index is 12.6. The molecule has 0 saturated carbocycles. The fourth-order valence-electron chi connectivity index (χ4n) is 2.72. The standard InChI is InChI=1S/C19H20N2O3/c1-15(22)20-10-12-21(13-11-20)19(23)16-6-5-9-18(14-16)24-17-7-3-2-4-8-17/h2-9,14H,10-13H2,1H3. The molecule has 0 aliphatic carbocycles. The van der Waals surface area contributed by atoms with E-state index in [9.17, 15) is 9.59 Å². The zero-order valence-electron chi connectivity index (χ0n) is 13.6. The summed E-state index contributed by atoms with van der Waals surface area (Å²) in [7, 11) is 0. The lowest BCUT2D eigenvalue weighted by Gasteiger charge is -2.34. The van der Waals surface area contributed by atoms with Crippen LogP contribution in [-0.2, 0) is 4.79 Å². The molecule has 1 aliphatic rings. The number of ether oxygens (including phenoxy) is 1. The Morgan fingerprint density at radius 3 is 2.12 bits per heavy atom. The van der Waals surface area contributed by atoms with Gasteiger partial charge in [0.2, 0.25) is 5.91 Å². The number of para-hydroxylation sites is 1. The predicted octanol–water partition coefficient (Wildman–Crippen LogP) is 2.78. The highest BCUT2D eigenvalue weighted by Gasteiger charge is 2.23. The zero-order chi connectivity index (χ0) is 16.9. The molecule has 5 heteroatoms. The van der Waals surface area contributed by atoms with Crippen molar-refractivity contribution < 1.29 is 14.3 Å². The average Bonchev–Trinajstić information content (AvgIpc) is 2.62. The van der Waals surface area contributed by atoms with Crippen LogP contribution in [0, 0.1) is 0 Å². The summed E-state index contributed by atoms with van der Waals surface area (Å²) < 4.78 is 5.78. The SMILES string of the molecule is CC(=O)N1CCN(C(=O)c2cccc(Oc3ccccc3)c2)CC1. The van der Waals surface area contributed by atoms with Gasteiger partial charge in [0.05, 0.1) is 0 Å². The van der Waals surface area contributed by atoms with E-state index in [1.807, 2.05) is 42.5 Å². The van der Waals surface area contributed by atoms with Crippen LogP contribution in [0.4, 0.5) is 0 Å². The molecule has 24 heavy (non-hydrogen) atoms. The maximum atomic E-state index is 12.6. The molecule has 124 valence electrons. The van der Waals surface area contributed by atoms with E-state index in [1.165, 1.54) is 0 Å². The Kier molecular flexibility index (Phi) is 4.79. The summed E-state index contributed by atoms with van der Waals surface area (Å²) in [6.07, 6.45) is 0. The van der Waals surface area contributed by atoms with Crippen molar-refractivity contribution in [3.8, 4) is 11.5 Å². The number of nitrogens with zero attached hydrogens (tertiary/aromatic N) is 2. The molecular formula is C19H20N2O3. The number of hydrogen-bond donors (Lipinski definition) is 0. The minimum Gasteiger partial charge on any atom is -0.457 e. The fourth-order valence-corrected chi connectivity index (χ4v) is 2.72. The molecule has 2 amide bonds. The Hall–Kier alpha value is -2.82. The molecule has 3 rings (SSSR count). The highest BCUT2D eigenvalue weighted by molar-refractivity contribution is 5.94. The second-order valence-electron chi connectivity index (χ2n) is 5.74. The molecule has 0 aromatic heterocycles. The third-order valence-corrected chi connectivity index (χ3v) is 4.07. The van der Waals surface area contributed by atoms with Gasteiger partial charge >= 0.3 is 0 Å². The maximum Gasteiger partial charge on any atom is 0.254 e. The Bertz CT molecular complexity index is 722. The smallest absolute Gasteiger partial charge is 0.254 e. The van der Waals surface area contributed by atoms with Gasteiger partial charge < -0.3 is 14.5 Å². The number of rotatable bonds is 3. The molecule has 0 N–H and O–H groups in total. The van der Waals surface area contributed by atoms with E-state index in [1.54, 1.807) is 28.9 Å². The van der Waals surface area contributed by atoms with Crippen molar-refractivity contribution in [1.82, 2.24) is 9.80 Å². The van der Waals surface area contributed by atoms with Gasteiger partial charge in [-0.2, -0.15) is 0 Å². The number of hydrogen-bond acceptors (Lipinski definition) is 3. The van der Waals surface area contributed by atoms with Crippen LogP contribution in [0.15, 0.2) is 54.6 Å². The van der Waals surface area contributed by atoms with E-state index in [0.717, 1.165) is 5.75 Å². The van der Waals surface area contributed by atoms with Crippen LogP contribution in [0.2, 0.25) is 0 Å². The number of benzene rings is 2. The molecule has 1 aliphatic heterocycles. The Balaban J connectivity index is 1.67. The van der Waals surface area contributed by atoms with Gasteiger partial charge in [0.25, 0.3) is 5.91 Å². The average molecular weight is 324 g/mol. The van der Waals surface area contributed by atoms with Gasteiger partial charge in [-0.1, -0.05) is 24.3 Å². The number of carbonyl (C=O) groups excluding carboxylic acids is 2. The van der Waals surface area contributed by atoms with Gasteiger partial charge in [0.15, 0.2) is 0 Å². The van der Waals surface area contributed by atoms with Gasteiger partial charge in [-0.05, 0) is 30.3 Å². The second-order valence-corrected chi connectivity index (χ2v) is 5.74. The van der Waals surface area contributed by atoms with Crippen molar-refractivity contribution in [2.45, 2.75) is 6.92 Å². The van der Waals surface area contributed by atoms with E-state index < -0.39 is 0 Å². The highest BCUT2D eigenvalue weighted by atomic mass is 16.5. The molecule has 5 nitrogen and oxygen atoms in total. The van der Waals surface area contributed by atoms with Crippen LogP contribution in [-0.4, -0.2) is 47.8 Å². The molecule has 0 spiro atoms. The molecular weight excluding hydrogens is 304 g/mol. The molecule has 1 heterocycles. The molecule has 0 unspecified atom stereocenters. The van der Waals surface area contributed by atoms with Crippen LogP contribution in [0.5, 0.6) is 11.5 Å². The first kappa shape index (κ1) is 16.1. The number of amides is 2. The topological polar surface area (TPSA) is 49.9 Å². The quantitative estimate of drug-likeness (QED) is 0.872. The molecule has 1 saturated heterocycles. The van der Waals surface area contributed by atoms with Gasteiger partial charge in [0.1, 0.15) is 11.5 Å². The van der Waals surface area contributed by atoms with Crippen molar-refractivity contribution in [3.63, 3.8) is 0 Å². The van der Waals surface area contributed by atoms with Gasteiger partial charge in [-0.25, -0.2) is 0 Å². The van der Waals surface area contributed by atoms with Crippen molar-refractivity contribution >= 4 is 11.8 Å². The van der Waals surface area contributed by atoms with Crippen LogP contribution in [0.1, 0.15) is 17.3 Å². The largest absolute Gasteiger partial charge is 0.457 e. The van der Waals surface area contributed by atoms with Crippen LogP contribution in [0.25, 0.3) is 0 Å². The van der Waals surface area contributed by atoms with Crippen LogP contribution >= 0.6 is 0 Å². The van der Waals surface area contributed by atoms with Crippen molar-refractivity contribution in [2.75, 3.05) is 26.2 Å². The van der Waals surface area contributed by atoms with E-state index in [0.29, 0.717) is 37.5 Å². The first-order valence-corrected chi connectivity index (χ1v) is 8.01. The lowest BCUT2D eigenvalue weighted by atomic mass is 10.1. The summed E-state index contributed by atoms with van der Waals surface area (Å²) in [6.45, 7) is 3.84.